The van der Waals surface area contributed by atoms with Crippen LogP contribution in [0.3, 0.4) is 0 Å². The van der Waals surface area contributed by atoms with E-state index >= 15 is 0 Å². The Morgan fingerprint density at radius 2 is 1.80 bits per heavy atom. The fourth-order valence-corrected chi connectivity index (χ4v) is 4.86. The second-order valence-electron chi connectivity index (χ2n) is 9.09. The maximum absolute atomic E-state index is 12.1. The van der Waals surface area contributed by atoms with Crippen LogP contribution in [0.25, 0.3) is 11.1 Å². The summed E-state index contributed by atoms with van der Waals surface area (Å²) < 4.78 is 1.67. The largest absolute Gasteiger partial charge is 0.356 e. The van der Waals surface area contributed by atoms with E-state index in [-0.39, 0.29) is 5.56 Å². The number of aromatic nitrogens is 2. The minimum Gasteiger partial charge on any atom is -0.356 e. The SMILES string of the molecule is Cc1cc(-c2ccc(N3CCC(N4CCNCC4)CC3)nc2C(C)C)cn(C)c1=O. The Bertz CT molecular complexity index is 911. The number of anilines is 1. The molecule has 4 heterocycles. The molecule has 2 saturated heterocycles. The molecule has 0 radical (unpaired) electrons. The first-order chi connectivity index (χ1) is 14.4. The molecule has 6 nitrogen and oxygen atoms in total. The van der Waals surface area contributed by atoms with Gasteiger partial charge in [-0.3, -0.25) is 9.69 Å². The van der Waals surface area contributed by atoms with Crippen LogP contribution in [0, 0.1) is 6.92 Å². The van der Waals surface area contributed by atoms with Crippen LogP contribution in [0.5, 0.6) is 0 Å². The molecule has 162 valence electrons. The number of hydrogen-bond donors (Lipinski definition) is 1. The Morgan fingerprint density at radius 1 is 1.10 bits per heavy atom. The van der Waals surface area contributed by atoms with Gasteiger partial charge in [0.1, 0.15) is 5.82 Å². The third-order valence-corrected chi connectivity index (χ3v) is 6.59. The first-order valence-electron chi connectivity index (χ1n) is 11.3. The fraction of sp³-hybridized carbons (Fsp3) is 0.583. The average Bonchev–Trinajstić information content (AvgIpc) is 2.77. The summed E-state index contributed by atoms with van der Waals surface area (Å²) in [6.07, 6.45) is 4.34. The van der Waals surface area contributed by atoms with Gasteiger partial charge in [-0.15, -0.1) is 0 Å². The van der Waals surface area contributed by atoms with E-state index in [1.807, 2.05) is 26.2 Å². The van der Waals surface area contributed by atoms with Crippen LogP contribution in [0.2, 0.25) is 0 Å². The molecule has 30 heavy (non-hydrogen) atoms. The van der Waals surface area contributed by atoms with Crippen molar-refractivity contribution < 1.29 is 0 Å². The summed E-state index contributed by atoms with van der Waals surface area (Å²) >= 11 is 0. The van der Waals surface area contributed by atoms with Gasteiger partial charge in [0.25, 0.3) is 5.56 Å². The van der Waals surface area contributed by atoms with Crippen LogP contribution in [0.15, 0.2) is 29.2 Å². The second-order valence-corrected chi connectivity index (χ2v) is 9.09. The zero-order valence-corrected chi connectivity index (χ0v) is 18.8. The smallest absolute Gasteiger partial charge is 0.253 e. The van der Waals surface area contributed by atoms with Gasteiger partial charge in [0.2, 0.25) is 0 Å². The lowest BCUT2D eigenvalue weighted by Gasteiger charge is -2.40. The monoisotopic (exact) mass is 409 g/mol. The molecular formula is C24H35N5O. The first kappa shape index (κ1) is 21.1. The highest BCUT2D eigenvalue weighted by molar-refractivity contribution is 5.68. The number of rotatable bonds is 4. The van der Waals surface area contributed by atoms with Crippen molar-refractivity contribution in [3.63, 3.8) is 0 Å². The van der Waals surface area contributed by atoms with E-state index in [4.69, 9.17) is 4.98 Å². The van der Waals surface area contributed by atoms with Crippen molar-refractivity contribution in [2.24, 2.45) is 7.05 Å². The number of piperazine rings is 1. The Labute approximate surface area is 179 Å². The highest BCUT2D eigenvalue weighted by atomic mass is 16.1. The zero-order valence-electron chi connectivity index (χ0n) is 18.8. The maximum Gasteiger partial charge on any atom is 0.253 e. The molecule has 0 atom stereocenters. The standard InChI is InChI=1S/C24H35N5O/c1-17(2)23-21(19-15-18(3)24(30)27(4)16-19)5-6-22(26-23)29-11-7-20(8-12-29)28-13-9-25-10-14-28/h5-6,15-17,20,25H,7-14H2,1-4H3. The molecule has 0 bridgehead atoms. The van der Waals surface area contributed by atoms with E-state index in [0.29, 0.717) is 12.0 Å². The molecule has 2 aliphatic rings. The molecule has 0 unspecified atom stereocenters. The number of piperidine rings is 1. The highest BCUT2D eigenvalue weighted by Gasteiger charge is 2.26. The minimum absolute atomic E-state index is 0.0572. The molecule has 4 rings (SSSR count). The average molecular weight is 410 g/mol. The molecule has 2 fully saturated rings. The third kappa shape index (κ3) is 4.30. The topological polar surface area (TPSA) is 53.4 Å². The van der Waals surface area contributed by atoms with Gasteiger partial charge < -0.3 is 14.8 Å². The van der Waals surface area contributed by atoms with Gasteiger partial charge in [-0.1, -0.05) is 13.8 Å². The van der Waals surface area contributed by atoms with E-state index in [2.05, 4.69) is 41.1 Å². The lowest BCUT2D eigenvalue weighted by atomic mass is 9.97. The number of hydrogen-bond acceptors (Lipinski definition) is 5. The van der Waals surface area contributed by atoms with Crippen molar-refractivity contribution in [3.8, 4) is 11.1 Å². The van der Waals surface area contributed by atoms with E-state index in [1.165, 1.54) is 25.9 Å². The molecule has 6 heteroatoms. The van der Waals surface area contributed by atoms with Crippen molar-refractivity contribution in [3.05, 3.63) is 46.0 Å². The van der Waals surface area contributed by atoms with E-state index in [9.17, 15) is 4.79 Å². The summed E-state index contributed by atoms with van der Waals surface area (Å²) in [5.74, 6) is 1.40. The van der Waals surface area contributed by atoms with Gasteiger partial charge in [-0.05, 0) is 43.9 Å². The van der Waals surface area contributed by atoms with Crippen LogP contribution in [-0.4, -0.2) is 59.8 Å². The normalized spacial score (nSPS) is 18.9. The van der Waals surface area contributed by atoms with Crippen LogP contribution in [-0.2, 0) is 7.05 Å². The second kappa shape index (κ2) is 8.90. The van der Waals surface area contributed by atoms with Gasteiger partial charge in [-0.25, -0.2) is 4.98 Å². The molecule has 0 amide bonds. The Hall–Kier alpha value is -2.18. The lowest BCUT2D eigenvalue weighted by Crippen LogP contribution is -2.52. The molecule has 2 aromatic rings. The molecule has 2 aromatic heterocycles. The van der Waals surface area contributed by atoms with E-state index < -0.39 is 0 Å². The zero-order chi connectivity index (χ0) is 21.3. The summed E-state index contributed by atoms with van der Waals surface area (Å²) in [5, 5.41) is 3.45. The van der Waals surface area contributed by atoms with Crippen molar-refractivity contribution in [2.75, 3.05) is 44.2 Å². The maximum atomic E-state index is 12.1. The van der Waals surface area contributed by atoms with Gasteiger partial charge in [0.15, 0.2) is 0 Å². The van der Waals surface area contributed by atoms with Gasteiger partial charge in [-0.2, -0.15) is 0 Å². The van der Waals surface area contributed by atoms with Crippen molar-refractivity contribution in [1.82, 2.24) is 19.8 Å². The van der Waals surface area contributed by atoms with Gasteiger partial charge >= 0.3 is 0 Å². The van der Waals surface area contributed by atoms with Gasteiger partial charge in [0.05, 0.1) is 5.69 Å². The fourth-order valence-electron chi connectivity index (χ4n) is 4.86. The van der Waals surface area contributed by atoms with Crippen LogP contribution >= 0.6 is 0 Å². The summed E-state index contributed by atoms with van der Waals surface area (Å²) in [5.41, 5.74) is 4.12. The van der Waals surface area contributed by atoms with E-state index in [0.717, 1.165) is 54.4 Å². The van der Waals surface area contributed by atoms with Crippen molar-refractivity contribution >= 4 is 5.82 Å². The van der Waals surface area contributed by atoms with Crippen molar-refractivity contribution in [2.45, 2.75) is 45.6 Å². The third-order valence-electron chi connectivity index (χ3n) is 6.59. The molecule has 2 aliphatic heterocycles. The molecule has 0 aliphatic carbocycles. The Balaban J connectivity index is 1.55. The Kier molecular flexibility index (Phi) is 6.25. The Morgan fingerprint density at radius 3 is 2.43 bits per heavy atom. The highest BCUT2D eigenvalue weighted by Crippen LogP contribution is 2.31. The summed E-state index contributed by atoms with van der Waals surface area (Å²) in [6, 6.07) is 7.05. The lowest BCUT2D eigenvalue weighted by molar-refractivity contribution is 0.150. The first-order valence-corrected chi connectivity index (χ1v) is 11.3. The summed E-state index contributed by atoms with van der Waals surface area (Å²) in [4.78, 5) is 22.3. The number of aryl methyl sites for hydroxylation is 2. The predicted molar refractivity (Wildman–Crippen MR) is 123 cm³/mol. The summed E-state index contributed by atoms with van der Waals surface area (Å²) in [7, 11) is 1.82. The summed E-state index contributed by atoms with van der Waals surface area (Å²) in [6.45, 7) is 13.0. The van der Waals surface area contributed by atoms with Crippen LogP contribution in [0.4, 0.5) is 5.82 Å². The molecular weight excluding hydrogens is 374 g/mol. The van der Waals surface area contributed by atoms with Crippen LogP contribution in [0.1, 0.15) is 43.9 Å². The number of pyridine rings is 2. The quantitative estimate of drug-likeness (QED) is 0.842. The minimum atomic E-state index is 0.0572. The van der Waals surface area contributed by atoms with Gasteiger partial charge in [0, 0.05) is 75.2 Å². The molecule has 1 N–H and O–H groups in total. The van der Waals surface area contributed by atoms with E-state index in [1.54, 1.807) is 4.57 Å². The number of nitrogens with zero attached hydrogens (tertiary/aromatic N) is 4. The predicted octanol–water partition coefficient (Wildman–Crippen LogP) is 2.75. The molecule has 0 aromatic carbocycles. The number of nitrogens with one attached hydrogen (secondary N) is 1. The van der Waals surface area contributed by atoms with Crippen molar-refractivity contribution in [1.29, 1.82) is 0 Å². The molecule has 0 saturated carbocycles. The van der Waals surface area contributed by atoms with Crippen LogP contribution < -0.4 is 15.8 Å². The molecule has 0 spiro atoms.